The fourth-order valence-corrected chi connectivity index (χ4v) is 3.15. The van der Waals surface area contributed by atoms with Crippen molar-refractivity contribution in [1.29, 1.82) is 0 Å². The maximum absolute atomic E-state index is 12.0. The van der Waals surface area contributed by atoms with E-state index in [1.165, 1.54) is 10.5 Å². The lowest BCUT2D eigenvalue weighted by Gasteiger charge is -2.06. The number of rotatable bonds is 5. The number of thiophene rings is 1. The molecule has 7 heteroatoms. The van der Waals surface area contributed by atoms with Crippen molar-refractivity contribution in [2.45, 2.75) is 19.4 Å². The van der Waals surface area contributed by atoms with Crippen LogP contribution in [0.1, 0.15) is 17.7 Å². The van der Waals surface area contributed by atoms with Crippen LogP contribution in [0.15, 0.2) is 50.5 Å². The average molecular weight is 393 g/mol. The van der Waals surface area contributed by atoms with E-state index in [-0.39, 0.29) is 18.1 Å². The fourth-order valence-electron chi connectivity index (χ4n) is 2.11. The number of carbonyl (C=O) groups excluding carboxylic acids is 1. The van der Waals surface area contributed by atoms with E-state index in [9.17, 15) is 9.59 Å². The molecule has 0 aliphatic carbocycles. The Morgan fingerprint density at radius 3 is 3.00 bits per heavy atom. The molecule has 0 aliphatic heterocycles. The minimum Gasteiger partial charge on any atom is -0.459 e. The summed E-state index contributed by atoms with van der Waals surface area (Å²) in [5, 5.41) is 3.99. The number of hydrogen-bond donors (Lipinski definition) is 0. The van der Waals surface area contributed by atoms with Crippen molar-refractivity contribution in [3.05, 3.63) is 67.3 Å². The molecule has 3 aromatic rings. The number of fused-ring (bicyclic) bond motifs is 1. The van der Waals surface area contributed by atoms with Crippen LogP contribution in [0.4, 0.5) is 0 Å². The number of nitrogens with zero attached hydrogens (tertiary/aromatic N) is 2. The Labute approximate surface area is 144 Å². The first-order valence-corrected chi connectivity index (χ1v) is 8.70. The van der Waals surface area contributed by atoms with Gasteiger partial charge in [-0.1, -0.05) is 0 Å². The lowest BCUT2D eigenvalue weighted by molar-refractivity contribution is -0.145. The SMILES string of the molecule is O=C(CCc1ccsc1)OCc1cc(=O)n2cc(Br)ccc2n1. The zero-order chi connectivity index (χ0) is 16.2. The van der Waals surface area contributed by atoms with Gasteiger partial charge < -0.3 is 4.74 Å². The number of ether oxygens (including phenoxy) is 1. The summed E-state index contributed by atoms with van der Waals surface area (Å²) in [4.78, 5) is 28.1. The molecule has 0 N–H and O–H groups in total. The highest BCUT2D eigenvalue weighted by Gasteiger charge is 2.07. The van der Waals surface area contributed by atoms with E-state index in [0.717, 1.165) is 10.0 Å². The molecule has 0 fully saturated rings. The lowest BCUT2D eigenvalue weighted by atomic mass is 10.2. The Balaban J connectivity index is 1.64. The molecule has 23 heavy (non-hydrogen) atoms. The number of hydrogen-bond acceptors (Lipinski definition) is 5. The molecule has 0 aliphatic rings. The quantitative estimate of drug-likeness (QED) is 0.625. The van der Waals surface area contributed by atoms with Gasteiger partial charge in [0, 0.05) is 23.2 Å². The Hall–Kier alpha value is -1.99. The number of carbonyl (C=O) groups is 1. The minimum absolute atomic E-state index is 0.00424. The van der Waals surface area contributed by atoms with E-state index in [1.54, 1.807) is 29.7 Å². The van der Waals surface area contributed by atoms with Crippen molar-refractivity contribution < 1.29 is 9.53 Å². The van der Waals surface area contributed by atoms with Gasteiger partial charge in [0.05, 0.1) is 5.69 Å². The average Bonchev–Trinajstić information content (AvgIpc) is 3.05. The number of esters is 1. The first-order valence-electron chi connectivity index (χ1n) is 6.96. The van der Waals surface area contributed by atoms with E-state index in [4.69, 9.17) is 4.74 Å². The van der Waals surface area contributed by atoms with Crippen LogP contribution in [0.3, 0.4) is 0 Å². The van der Waals surface area contributed by atoms with Gasteiger partial charge in [0.1, 0.15) is 12.3 Å². The molecule has 118 valence electrons. The van der Waals surface area contributed by atoms with E-state index in [0.29, 0.717) is 24.2 Å². The van der Waals surface area contributed by atoms with E-state index >= 15 is 0 Å². The maximum atomic E-state index is 12.0. The smallest absolute Gasteiger partial charge is 0.306 e. The standard InChI is InChI=1S/C16H13BrN2O3S/c17-12-2-3-14-18-13(7-15(20)19(14)8-12)9-22-16(21)4-1-11-5-6-23-10-11/h2-3,5-8,10H,1,4,9H2. The van der Waals surface area contributed by atoms with Gasteiger partial charge >= 0.3 is 5.97 Å². The topological polar surface area (TPSA) is 60.7 Å². The number of aryl methyl sites for hydroxylation is 1. The minimum atomic E-state index is -0.297. The summed E-state index contributed by atoms with van der Waals surface area (Å²) in [7, 11) is 0. The molecule has 0 amide bonds. The highest BCUT2D eigenvalue weighted by Crippen LogP contribution is 2.11. The van der Waals surface area contributed by atoms with Gasteiger partial charge in [0.15, 0.2) is 0 Å². The fraction of sp³-hybridized carbons (Fsp3) is 0.188. The molecule has 0 saturated carbocycles. The molecule has 5 nitrogen and oxygen atoms in total. The number of pyridine rings is 1. The Morgan fingerprint density at radius 1 is 1.35 bits per heavy atom. The van der Waals surface area contributed by atoms with E-state index < -0.39 is 0 Å². The Bertz CT molecular complexity index is 890. The van der Waals surface area contributed by atoms with Gasteiger partial charge in [-0.05, 0) is 56.9 Å². The van der Waals surface area contributed by atoms with Gasteiger partial charge in [-0.3, -0.25) is 14.0 Å². The van der Waals surface area contributed by atoms with Crippen molar-refractivity contribution in [2.75, 3.05) is 0 Å². The summed E-state index contributed by atoms with van der Waals surface area (Å²) in [6, 6.07) is 6.90. The zero-order valence-corrected chi connectivity index (χ0v) is 14.5. The van der Waals surface area contributed by atoms with Crippen molar-refractivity contribution in [3.8, 4) is 0 Å². The third-order valence-electron chi connectivity index (χ3n) is 3.26. The molecular formula is C16H13BrN2O3S. The monoisotopic (exact) mass is 392 g/mol. The molecule has 0 atom stereocenters. The summed E-state index contributed by atoms with van der Waals surface area (Å²) in [6.07, 6.45) is 2.63. The predicted molar refractivity (Wildman–Crippen MR) is 91.6 cm³/mol. The van der Waals surface area contributed by atoms with Crippen LogP contribution >= 0.6 is 27.3 Å². The van der Waals surface area contributed by atoms with Gasteiger partial charge in [0.2, 0.25) is 0 Å². The van der Waals surface area contributed by atoms with Crippen LogP contribution in [0.2, 0.25) is 0 Å². The molecule has 0 unspecified atom stereocenters. The maximum Gasteiger partial charge on any atom is 0.306 e. The molecular weight excluding hydrogens is 380 g/mol. The highest BCUT2D eigenvalue weighted by atomic mass is 79.9. The van der Waals surface area contributed by atoms with Crippen LogP contribution in [-0.4, -0.2) is 15.4 Å². The largest absolute Gasteiger partial charge is 0.459 e. The molecule has 0 spiro atoms. The van der Waals surface area contributed by atoms with Gasteiger partial charge in [0.25, 0.3) is 5.56 Å². The highest BCUT2D eigenvalue weighted by molar-refractivity contribution is 9.10. The second-order valence-corrected chi connectivity index (χ2v) is 6.65. The summed E-state index contributed by atoms with van der Waals surface area (Å²) in [5.41, 5.74) is 1.88. The van der Waals surface area contributed by atoms with Crippen molar-refractivity contribution in [3.63, 3.8) is 0 Å². The normalized spacial score (nSPS) is 10.8. The summed E-state index contributed by atoms with van der Waals surface area (Å²) in [5.74, 6) is -0.297. The molecule has 3 heterocycles. The van der Waals surface area contributed by atoms with E-state index in [1.807, 2.05) is 16.8 Å². The molecule has 0 radical (unpaired) electrons. The molecule has 0 saturated heterocycles. The number of halogens is 1. The second-order valence-electron chi connectivity index (χ2n) is 4.95. The summed E-state index contributed by atoms with van der Waals surface area (Å²) in [6.45, 7) is 0.00424. The zero-order valence-electron chi connectivity index (χ0n) is 12.1. The van der Waals surface area contributed by atoms with Crippen LogP contribution in [0, 0.1) is 0 Å². The summed E-state index contributed by atoms with van der Waals surface area (Å²) < 4.78 is 7.43. The molecule has 3 rings (SSSR count). The third-order valence-corrected chi connectivity index (χ3v) is 4.46. The molecule has 3 aromatic heterocycles. The summed E-state index contributed by atoms with van der Waals surface area (Å²) >= 11 is 4.91. The number of aromatic nitrogens is 2. The van der Waals surface area contributed by atoms with Gasteiger partial charge in [-0.15, -0.1) is 0 Å². The van der Waals surface area contributed by atoms with Crippen molar-refractivity contribution in [2.24, 2.45) is 0 Å². The third kappa shape index (κ3) is 4.05. The first-order chi connectivity index (χ1) is 11.1. The van der Waals surface area contributed by atoms with Crippen LogP contribution in [0.25, 0.3) is 5.65 Å². The van der Waals surface area contributed by atoms with Crippen molar-refractivity contribution in [1.82, 2.24) is 9.38 Å². The Morgan fingerprint density at radius 2 is 2.22 bits per heavy atom. The van der Waals surface area contributed by atoms with E-state index in [2.05, 4.69) is 20.9 Å². The predicted octanol–water partition coefficient (Wildman–Crippen LogP) is 3.19. The molecule has 0 aromatic carbocycles. The first kappa shape index (κ1) is 15.9. The van der Waals surface area contributed by atoms with Crippen LogP contribution in [0.5, 0.6) is 0 Å². The molecule has 0 bridgehead atoms. The van der Waals surface area contributed by atoms with Crippen LogP contribution < -0.4 is 5.56 Å². The lowest BCUT2D eigenvalue weighted by Crippen LogP contribution is -2.16. The van der Waals surface area contributed by atoms with Crippen molar-refractivity contribution >= 4 is 38.9 Å². The van der Waals surface area contributed by atoms with Crippen LogP contribution in [-0.2, 0) is 22.6 Å². The Kier molecular flexibility index (Phi) is 4.88. The van der Waals surface area contributed by atoms with Gasteiger partial charge in [-0.2, -0.15) is 11.3 Å². The second kappa shape index (κ2) is 7.06. The van der Waals surface area contributed by atoms with Gasteiger partial charge in [-0.25, -0.2) is 4.98 Å².